The van der Waals surface area contributed by atoms with E-state index in [9.17, 15) is 5.21 Å². The van der Waals surface area contributed by atoms with Crippen LogP contribution in [-0.2, 0) is 0 Å². The molecule has 0 bridgehead atoms. The van der Waals surface area contributed by atoms with Gasteiger partial charge in [-0.05, 0) is 47.9 Å². The maximum Gasteiger partial charge on any atom is 0.217 e. The Kier molecular flexibility index (Phi) is 5.48. The van der Waals surface area contributed by atoms with Crippen molar-refractivity contribution >= 4 is 11.6 Å². The van der Waals surface area contributed by atoms with E-state index in [0.29, 0.717) is 22.9 Å². The average Bonchev–Trinajstić information content (AvgIpc) is 3.24. The van der Waals surface area contributed by atoms with E-state index in [1.54, 1.807) is 35.3 Å². The summed E-state index contributed by atoms with van der Waals surface area (Å²) < 4.78 is 24.2. The van der Waals surface area contributed by atoms with E-state index in [0.717, 1.165) is 40.8 Å². The third-order valence-electron chi connectivity index (χ3n) is 6.48. The Labute approximate surface area is 209 Å². The van der Waals surface area contributed by atoms with E-state index in [-0.39, 0.29) is 16.6 Å². The predicted octanol–water partition coefficient (Wildman–Crippen LogP) is 4.30. The first-order valence-electron chi connectivity index (χ1n) is 11.4. The fourth-order valence-corrected chi connectivity index (χ4v) is 4.58. The summed E-state index contributed by atoms with van der Waals surface area (Å²) in [6, 6.07) is 6.16. The van der Waals surface area contributed by atoms with Crippen LogP contribution in [0.4, 0.5) is 4.39 Å². The van der Waals surface area contributed by atoms with Gasteiger partial charge in [0.1, 0.15) is 18.6 Å². The number of aromatic nitrogens is 8. The van der Waals surface area contributed by atoms with Crippen LogP contribution >= 0.6 is 11.6 Å². The molecule has 0 spiro atoms. The summed E-state index contributed by atoms with van der Waals surface area (Å²) in [7, 11) is 0. The van der Waals surface area contributed by atoms with Crippen LogP contribution in [0.5, 0.6) is 0 Å². The summed E-state index contributed by atoms with van der Waals surface area (Å²) in [5.41, 5.74) is 3.83. The Hall–Kier alpha value is -4.12. The van der Waals surface area contributed by atoms with Crippen molar-refractivity contribution in [3.63, 3.8) is 0 Å². The maximum absolute atomic E-state index is 15.2. The number of halogens is 2. The molecule has 4 aromatic heterocycles. The number of tetrazole rings is 1. The second-order valence-electron chi connectivity index (χ2n) is 8.90. The van der Waals surface area contributed by atoms with Gasteiger partial charge >= 0.3 is 0 Å². The van der Waals surface area contributed by atoms with Gasteiger partial charge in [-0.1, -0.05) is 29.6 Å². The molecule has 1 saturated carbocycles. The zero-order valence-corrected chi connectivity index (χ0v) is 19.9. The van der Waals surface area contributed by atoms with Gasteiger partial charge < -0.3 is 9.73 Å². The lowest BCUT2D eigenvalue weighted by Gasteiger charge is -2.18. The van der Waals surface area contributed by atoms with Crippen molar-refractivity contribution in [1.29, 1.82) is 0 Å². The van der Waals surface area contributed by atoms with Crippen LogP contribution in [-0.4, -0.2) is 35.1 Å². The Morgan fingerprint density at radius 3 is 2.81 bits per heavy atom. The molecule has 182 valence electrons. The highest BCUT2D eigenvalue weighted by Crippen LogP contribution is 2.39. The number of hydrogen-bond donors (Lipinski definition) is 0. The minimum Gasteiger partial charge on any atom is -0.618 e. The molecule has 1 aliphatic carbocycles. The third kappa shape index (κ3) is 4.01. The minimum absolute atomic E-state index is 0.0666. The molecule has 1 aromatic carbocycles. The number of nitrogens with zero attached hydrogens (tertiary/aromatic N) is 8. The highest BCUT2D eigenvalue weighted by molar-refractivity contribution is 6.31. The number of pyridine rings is 1. The molecule has 0 radical (unpaired) electrons. The van der Waals surface area contributed by atoms with Crippen molar-refractivity contribution in [3.05, 3.63) is 82.9 Å². The summed E-state index contributed by atoms with van der Waals surface area (Å²) in [4.78, 5) is 0. The second kappa shape index (κ2) is 8.83. The summed E-state index contributed by atoms with van der Waals surface area (Å²) in [5.74, 6) is -0.135. The van der Waals surface area contributed by atoms with Crippen LogP contribution in [0.2, 0.25) is 5.02 Å². The van der Waals surface area contributed by atoms with Gasteiger partial charge in [0.15, 0.2) is 12.0 Å². The first-order valence-corrected chi connectivity index (χ1v) is 11.8. The predicted molar refractivity (Wildman–Crippen MR) is 126 cm³/mol. The third-order valence-corrected chi connectivity index (χ3v) is 6.77. The van der Waals surface area contributed by atoms with Crippen molar-refractivity contribution in [1.82, 2.24) is 35.1 Å². The molecule has 0 unspecified atom stereocenters. The van der Waals surface area contributed by atoms with Gasteiger partial charge in [-0.25, -0.2) is 4.39 Å². The number of aryl methyl sites for hydroxylation is 1. The summed E-state index contributed by atoms with van der Waals surface area (Å²) in [6.45, 7) is 1.86. The van der Waals surface area contributed by atoms with Crippen molar-refractivity contribution < 1.29 is 13.6 Å². The smallest absolute Gasteiger partial charge is 0.217 e. The van der Waals surface area contributed by atoms with E-state index >= 15 is 4.39 Å². The van der Waals surface area contributed by atoms with Crippen molar-refractivity contribution in [2.24, 2.45) is 5.92 Å². The Balaban J connectivity index is 1.41. The van der Waals surface area contributed by atoms with Crippen LogP contribution in [0.15, 0.2) is 60.0 Å². The molecule has 5 aromatic rings. The van der Waals surface area contributed by atoms with Gasteiger partial charge in [0.25, 0.3) is 0 Å². The molecule has 0 aliphatic heterocycles. The summed E-state index contributed by atoms with van der Waals surface area (Å²) >= 11 is 6.07. The van der Waals surface area contributed by atoms with E-state index in [1.165, 1.54) is 23.3 Å². The molecule has 12 heteroatoms. The van der Waals surface area contributed by atoms with E-state index in [1.807, 2.05) is 13.1 Å². The van der Waals surface area contributed by atoms with Gasteiger partial charge in [-0.3, -0.25) is 4.68 Å². The van der Waals surface area contributed by atoms with Gasteiger partial charge in [0.2, 0.25) is 5.69 Å². The van der Waals surface area contributed by atoms with Gasteiger partial charge in [-0.2, -0.15) is 14.5 Å². The molecule has 36 heavy (non-hydrogen) atoms. The maximum atomic E-state index is 15.2. The molecule has 10 nitrogen and oxygen atoms in total. The molecule has 1 fully saturated rings. The van der Waals surface area contributed by atoms with Gasteiger partial charge in [-0.15, -0.1) is 5.10 Å². The fourth-order valence-electron chi connectivity index (χ4n) is 4.43. The quantitative estimate of drug-likeness (QED) is 0.239. The molecular formula is C24H20ClFN8O2. The first-order chi connectivity index (χ1) is 17.5. The monoisotopic (exact) mass is 506 g/mol. The van der Waals surface area contributed by atoms with Crippen molar-refractivity contribution in [2.45, 2.75) is 32.2 Å². The van der Waals surface area contributed by atoms with Crippen LogP contribution < -0.4 is 4.73 Å². The van der Waals surface area contributed by atoms with E-state index in [4.69, 9.17) is 16.1 Å². The highest BCUT2D eigenvalue weighted by Gasteiger charge is 2.32. The van der Waals surface area contributed by atoms with E-state index < -0.39 is 5.82 Å². The lowest BCUT2D eigenvalue weighted by atomic mass is 10.0. The molecular weight excluding hydrogens is 487 g/mol. The lowest BCUT2D eigenvalue weighted by Crippen LogP contribution is -2.35. The fraction of sp³-hybridized carbons (Fsp3) is 0.250. The van der Waals surface area contributed by atoms with Gasteiger partial charge in [0.05, 0.1) is 33.7 Å². The van der Waals surface area contributed by atoms with Crippen LogP contribution in [0.25, 0.3) is 27.9 Å². The molecule has 4 heterocycles. The lowest BCUT2D eigenvalue weighted by molar-refractivity contribution is -0.615. The topological polar surface area (TPSA) is 114 Å². The number of hydrogen-bond acceptors (Lipinski definition) is 7. The van der Waals surface area contributed by atoms with Crippen molar-refractivity contribution in [3.8, 4) is 27.9 Å². The van der Waals surface area contributed by atoms with Crippen LogP contribution in [0, 0.1) is 23.9 Å². The van der Waals surface area contributed by atoms with E-state index in [2.05, 4.69) is 25.8 Å². The normalized spacial score (nSPS) is 14.3. The van der Waals surface area contributed by atoms with Crippen molar-refractivity contribution in [2.75, 3.05) is 0 Å². The SMILES string of the molecule is Cc1nocc1-c1cnn([C@H](CC2CC2)c2ccc(-c3c(-n4cnnn4)ccc(Cl)c3F)c[n+]2[O-])c1. The molecule has 6 rings (SSSR count). The number of benzene rings is 1. The molecule has 0 N–H and O–H groups in total. The zero-order chi connectivity index (χ0) is 24.8. The number of rotatable bonds is 7. The largest absolute Gasteiger partial charge is 0.618 e. The average molecular weight is 507 g/mol. The second-order valence-corrected chi connectivity index (χ2v) is 9.30. The Bertz CT molecular complexity index is 1540. The summed E-state index contributed by atoms with van der Waals surface area (Å²) in [6.07, 6.45) is 10.9. The molecule has 0 saturated heterocycles. The zero-order valence-electron chi connectivity index (χ0n) is 19.1. The molecule has 1 aliphatic rings. The standard InChI is InChI=1S/C24H20ClFN8O2/c1-14-18(12-36-29-14)17-9-28-32(10-17)22(8-15-2-3-15)20-6-4-16(11-34(20)35)23-21(33-13-27-30-31-33)7-5-19(25)24(23)26/h4-7,9-13,15,22H,2-3,8H2,1H3/t22-/m1/s1. The molecule has 0 amide bonds. The van der Waals surface area contributed by atoms with Crippen LogP contribution in [0.3, 0.4) is 0 Å². The molecule has 1 atom stereocenters. The van der Waals surface area contributed by atoms with Gasteiger partial charge in [0, 0.05) is 23.4 Å². The Morgan fingerprint density at radius 2 is 2.11 bits per heavy atom. The minimum atomic E-state index is -0.659. The highest BCUT2D eigenvalue weighted by atomic mass is 35.5. The Morgan fingerprint density at radius 1 is 1.25 bits per heavy atom. The summed E-state index contributed by atoms with van der Waals surface area (Å²) in [5, 5.41) is 32.9. The van der Waals surface area contributed by atoms with Crippen LogP contribution in [0.1, 0.15) is 36.7 Å². The first kappa shape index (κ1) is 22.4.